The lowest BCUT2D eigenvalue weighted by atomic mass is 10.0. The molecule has 2 atom stereocenters. The summed E-state index contributed by atoms with van der Waals surface area (Å²) in [7, 11) is 0. The Hall–Kier alpha value is -1.56. The number of hydrogen-bond donors (Lipinski definition) is 3. The first kappa shape index (κ1) is 17.5. The van der Waals surface area contributed by atoms with Gasteiger partial charge in [0, 0.05) is 10.5 Å². The molecule has 0 aliphatic carbocycles. The van der Waals surface area contributed by atoms with Gasteiger partial charge in [-0.1, -0.05) is 41.9 Å². The topological polar surface area (TPSA) is 78.4 Å². The molecule has 0 spiro atoms. The average Bonchev–Trinajstić information content (AvgIpc) is 2.37. The number of halogens is 1. The van der Waals surface area contributed by atoms with Crippen LogP contribution in [0.5, 0.6) is 0 Å². The summed E-state index contributed by atoms with van der Waals surface area (Å²) in [6.45, 7) is 5.64. The molecule has 5 nitrogen and oxygen atoms in total. The molecule has 116 valence electrons. The molecule has 2 amide bonds. The number of amides is 2. The first-order chi connectivity index (χ1) is 9.79. The van der Waals surface area contributed by atoms with Crippen LogP contribution < -0.4 is 10.6 Å². The first-order valence-corrected chi connectivity index (χ1v) is 7.63. The molecule has 0 saturated carbocycles. The Bertz CT molecular complexity index is 488. The molecule has 0 aromatic heterocycles. The van der Waals surface area contributed by atoms with Crippen LogP contribution in [0.2, 0.25) is 0 Å². The van der Waals surface area contributed by atoms with Gasteiger partial charge in [-0.25, -0.2) is 4.79 Å². The minimum absolute atomic E-state index is 0.0508. The lowest BCUT2D eigenvalue weighted by molar-refractivity contribution is -0.137. The molecule has 0 heterocycles. The lowest BCUT2D eigenvalue weighted by Crippen LogP contribution is -2.46. The summed E-state index contributed by atoms with van der Waals surface area (Å²) in [5, 5.41) is 14.4. The number of nitrogens with one attached hydrogen (secondary N) is 2. The fraction of sp³-hybridized carbons (Fsp3) is 0.467. The molecular formula is C15H21BrN2O3. The van der Waals surface area contributed by atoms with E-state index in [9.17, 15) is 9.59 Å². The van der Waals surface area contributed by atoms with Gasteiger partial charge in [-0.05, 0) is 30.5 Å². The third kappa shape index (κ3) is 6.16. The van der Waals surface area contributed by atoms with Gasteiger partial charge in [0.1, 0.15) is 0 Å². The van der Waals surface area contributed by atoms with Crippen LogP contribution in [0.1, 0.15) is 38.8 Å². The maximum absolute atomic E-state index is 12.0. The summed E-state index contributed by atoms with van der Waals surface area (Å²) in [6.07, 6.45) is -0.0856. The average molecular weight is 357 g/mol. The van der Waals surface area contributed by atoms with Crippen molar-refractivity contribution in [3.05, 3.63) is 34.3 Å². The zero-order chi connectivity index (χ0) is 16.0. The van der Waals surface area contributed by atoms with Gasteiger partial charge < -0.3 is 15.7 Å². The molecular weight excluding hydrogens is 336 g/mol. The predicted molar refractivity (Wildman–Crippen MR) is 85.1 cm³/mol. The van der Waals surface area contributed by atoms with Crippen molar-refractivity contribution in [1.29, 1.82) is 0 Å². The number of carboxylic acids is 1. The molecule has 0 saturated heterocycles. The minimum atomic E-state index is -0.921. The fourth-order valence-corrected chi connectivity index (χ4v) is 2.15. The standard InChI is InChI=1S/C15H21BrN2O3/c1-9(2)13(8-14(19)20)18-15(21)17-10(3)11-4-6-12(16)7-5-11/h4-7,9-10,13H,8H2,1-3H3,(H,19,20)(H2,17,18,21). The maximum Gasteiger partial charge on any atom is 0.315 e. The normalized spacial score (nSPS) is 13.6. The van der Waals surface area contributed by atoms with E-state index in [1.54, 1.807) is 0 Å². The second kappa shape index (κ2) is 8.02. The van der Waals surface area contributed by atoms with Gasteiger partial charge in [0.05, 0.1) is 12.5 Å². The number of hydrogen-bond acceptors (Lipinski definition) is 2. The molecule has 1 rings (SSSR count). The number of rotatable bonds is 6. The van der Waals surface area contributed by atoms with Crippen LogP contribution in [0.25, 0.3) is 0 Å². The molecule has 0 radical (unpaired) electrons. The van der Waals surface area contributed by atoms with E-state index in [0.717, 1.165) is 10.0 Å². The Morgan fingerprint density at radius 1 is 1.14 bits per heavy atom. The van der Waals surface area contributed by atoms with E-state index >= 15 is 0 Å². The van der Waals surface area contributed by atoms with E-state index in [2.05, 4.69) is 26.6 Å². The molecule has 21 heavy (non-hydrogen) atoms. The van der Waals surface area contributed by atoms with E-state index in [1.807, 2.05) is 45.0 Å². The number of carboxylic acid groups (broad SMARTS) is 1. The Kier molecular flexibility index (Phi) is 6.68. The third-order valence-corrected chi connectivity index (χ3v) is 3.76. The van der Waals surface area contributed by atoms with Crippen LogP contribution in [-0.4, -0.2) is 23.1 Å². The largest absolute Gasteiger partial charge is 0.481 e. The molecule has 1 aromatic rings. The van der Waals surface area contributed by atoms with Crippen LogP contribution >= 0.6 is 15.9 Å². The molecule has 0 bridgehead atoms. The molecule has 1 aromatic carbocycles. The van der Waals surface area contributed by atoms with Gasteiger partial charge in [-0.3, -0.25) is 4.79 Å². The van der Waals surface area contributed by atoms with Crippen molar-refractivity contribution in [1.82, 2.24) is 10.6 Å². The highest BCUT2D eigenvalue weighted by Gasteiger charge is 2.20. The fourth-order valence-electron chi connectivity index (χ4n) is 1.88. The number of urea groups is 1. The van der Waals surface area contributed by atoms with Gasteiger partial charge in [0.25, 0.3) is 0 Å². The highest BCUT2D eigenvalue weighted by atomic mass is 79.9. The minimum Gasteiger partial charge on any atom is -0.481 e. The Labute approximate surface area is 133 Å². The van der Waals surface area contributed by atoms with Crippen LogP contribution in [0.15, 0.2) is 28.7 Å². The third-order valence-electron chi connectivity index (χ3n) is 3.23. The summed E-state index contributed by atoms with van der Waals surface area (Å²) >= 11 is 3.36. The molecule has 0 aliphatic heterocycles. The molecule has 2 unspecified atom stereocenters. The summed E-state index contributed by atoms with van der Waals surface area (Å²) in [6, 6.07) is 6.76. The van der Waals surface area contributed by atoms with Crippen molar-refractivity contribution in [2.45, 2.75) is 39.3 Å². The van der Waals surface area contributed by atoms with E-state index in [-0.39, 0.29) is 30.5 Å². The number of carbonyl (C=O) groups excluding carboxylic acids is 1. The first-order valence-electron chi connectivity index (χ1n) is 6.84. The maximum atomic E-state index is 12.0. The van der Waals surface area contributed by atoms with Crippen LogP contribution in [-0.2, 0) is 4.79 Å². The SMILES string of the molecule is CC(NC(=O)NC(CC(=O)O)C(C)C)c1ccc(Br)cc1. The Balaban J connectivity index is 2.58. The van der Waals surface area contributed by atoms with Gasteiger partial charge in [0.2, 0.25) is 0 Å². The highest BCUT2D eigenvalue weighted by Crippen LogP contribution is 2.16. The Morgan fingerprint density at radius 2 is 1.71 bits per heavy atom. The molecule has 0 fully saturated rings. The quantitative estimate of drug-likeness (QED) is 0.731. The number of carbonyl (C=O) groups is 2. The van der Waals surface area contributed by atoms with Crippen LogP contribution in [0, 0.1) is 5.92 Å². The molecule has 6 heteroatoms. The Morgan fingerprint density at radius 3 is 2.19 bits per heavy atom. The van der Waals surface area contributed by atoms with Crippen molar-refractivity contribution < 1.29 is 14.7 Å². The zero-order valence-electron chi connectivity index (χ0n) is 12.4. The van der Waals surface area contributed by atoms with Crippen LogP contribution in [0.4, 0.5) is 4.79 Å². The van der Waals surface area contributed by atoms with Crippen molar-refractivity contribution in [2.24, 2.45) is 5.92 Å². The zero-order valence-corrected chi connectivity index (χ0v) is 14.0. The highest BCUT2D eigenvalue weighted by molar-refractivity contribution is 9.10. The van der Waals surface area contributed by atoms with Gasteiger partial charge in [0.15, 0.2) is 0 Å². The smallest absolute Gasteiger partial charge is 0.315 e. The number of aliphatic carboxylic acids is 1. The summed E-state index contributed by atoms with van der Waals surface area (Å²) in [4.78, 5) is 22.8. The predicted octanol–water partition coefficient (Wildman–Crippen LogP) is 3.31. The summed E-state index contributed by atoms with van der Waals surface area (Å²) in [5.41, 5.74) is 0.979. The van der Waals surface area contributed by atoms with Crippen LogP contribution in [0.3, 0.4) is 0 Å². The summed E-state index contributed by atoms with van der Waals surface area (Å²) in [5.74, 6) is -0.871. The van der Waals surface area contributed by atoms with E-state index in [4.69, 9.17) is 5.11 Å². The van der Waals surface area contributed by atoms with Crippen molar-refractivity contribution in [3.63, 3.8) is 0 Å². The van der Waals surface area contributed by atoms with Gasteiger partial charge >= 0.3 is 12.0 Å². The van der Waals surface area contributed by atoms with E-state index < -0.39 is 5.97 Å². The van der Waals surface area contributed by atoms with E-state index in [0.29, 0.717) is 0 Å². The molecule has 0 aliphatic rings. The van der Waals surface area contributed by atoms with Gasteiger partial charge in [-0.15, -0.1) is 0 Å². The summed E-state index contributed by atoms with van der Waals surface area (Å²) < 4.78 is 0.976. The van der Waals surface area contributed by atoms with E-state index in [1.165, 1.54) is 0 Å². The van der Waals surface area contributed by atoms with Crippen molar-refractivity contribution in [3.8, 4) is 0 Å². The second-order valence-corrected chi connectivity index (χ2v) is 6.26. The van der Waals surface area contributed by atoms with Crippen molar-refractivity contribution in [2.75, 3.05) is 0 Å². The number of benzene rings is 1. The van der Waals surface area contributed by atoms with Crippen molar-refractivity contribution >= 4 is 27.9 Å². The molecule has 3 N–H and O–H groups in total. The van der Waals surface area contributed by atoms with Gasteiger partial charge in [-0.2, -0.15) is 0 Å². The monoisotopic (exact) mass is 356 g/mol. The second-order valence-electron chi connectivity index (χ2n) is 5.34. The lowest BCUT2D eigenvalue weighted by Gasteiger charge is -2.22.